The van der Waals surface area contributed by atoms with Crippen LogP contribution in [0.5, 0.6) is 0 Å². The second-order valence-electron chi connectivity index (χ2n) is 3.97. The molecule has 16 heavy (non-hydrogen) atoms. The topological polar surface area (TPSA) is 58.4 Å². The first kappa shape index (κ1) is 12.9. The predicted molar refractivity (Wildman–Crippen MR) is 61.3 cm³/mol. The van der Waals surface area contributed by atoms with Crippen LogP contribution >= 0.6 is 0 Å². The first-order valence-electron chi connectivity index (χ1n) is 5.51. The molecule has 0 aliphatic heterocycles. The molecule has 0 spiro atoms. The monoisotopic (exact) mass is 225 g/mol. The lowest BCUT2D eigenvalue weighted by Gasteiger charge is -2.24. The molecular weight excluding hydrogens is 206 g/mol. The summed E-state index contributed by atoms with van der Waals surface area (Å²) < 4.78 is 1.48. The van der Waals surface area contributed by atoms with Crippen molar-refractivity contribution in [2.24, 2.45) is 0 Å². The molecule has 5 nitrogen and oxygen atoms in total. The van der Waals surface area contributed by atoms with Crippen LogP contribution in [0.15, 0.2) is 18.7 Å². The van der Waals surface area contributed by atoms with Gasteiger partial charge < -0.3 is 5.11 Å². The Labute approximate surface area is 95.7 Å². The highest BCUT2D eigenvalue weighted by Gasteiger charge is 2.11. The Bertz CT molecular complexity index is 309. The van der Waals surface area contributed by atoms with E-state index in [1.807, 2.05) is 0 Å². The maximum Gasteiger partial charge on any atom is 0.233 e. The van der Waals surface area contributed by atoms with E-state index in [2.05, 4.69) is 23.7 Å². The van der Waals surface area contributed by atoms with Gasteiger partial charge in [0, 0.05) is 37.9 Å². The highest BCUT2D eigenvalue weighted by Crippen LogP contribution is 2.00. The van der Waals surface area contributed by atoms with Gasteiger partial charge in [-0.2, -0.15) is 0 Å². The van der Waals surface area contributed by atoms with Crippen LogP contribution in [0.1, 0.15) is 25.1 Å². The van der Waals surface area contributed by atoms with Gasteiger partial charge in [-0.1, -0.05) is 0 Å². The van der Waals surface area contributed by atoms with E-state index in [9.17, 15) is 4.79 Å². The third-order valence-electron chi connectivity index (χ3n) is 2.52. The highest BCUT2D eigenvalue weighted by atomic mass is 16.3. The Morgan fingerprint density at radius 1 is 1.50 bits per heavy atom. The van der Waals surface area contributed by atoms with E-state index >= 15 is 0 Å². The number of hydrogen-bond acceptors (Lipinski definition) is 4. The lowest BCUT2D eigenvalue weighted by atomic mass is 10.2. The predicted octanol–water partition coefficient (Wildman–Crippen LogP) is 0.616. The van der Waals surface area contributed by atoms with Crippen molar-refractivity contribution in [3.8, 4) is 0 Å². The molecule has 5 heteroatoms. The zero-order valence-corrected chi connectivity index (χ0v) is 9.83. The average molecular weight is 225 g/mol. The van der Waals surface area contributed by atoms with Crippen molar-refractivity contribution in [1.82, 2.24) is 14.5 Å². The Kier molecular flexibility index (Phi) is 5.14. The molecule has 0 bridgehead atoms. The number of aromatic nitrogens is 2. The average Bonchev–Trinajstić information content (AvgIpc) is 2.76. The van der Waals surface area contributed by atoms with Gasteiger partial charge in [0.05, 0.1) is 6.61 Å². The third-order valence-corrected chi connectivity index (χ3v) is 2.52. The lowest BCUT2D eigenvalue weighted by molar-refractivity contribution is 0.0864. The summed E-state index contributed by atoms with van der Waals surface area (Å²) in [6.07, 6.45) is 5.18. The molecule has 0 saturated carbocycles. The Morgan fingerprint density at radius 2 is 2.25 bits per heavy atom. The standard InChI is InChI=1S/C11H19N3O2/c1-10(2)13(7-8-15)5-3-11(16)14-6-4-12-9-14/h4,6,9-10,15H,3,5,7-8H2,1-2H3. The van der Waals surface area contributed by atoms with Crippen molar-refractivity contribution in [3.05, 3.63) is 18.7 Å². The molecule has 0 radical (unpaired) electrons. The van der Waals surface area contributed by atoms with Crippen molar-refractivity contribution in [2.75, 3.05) is 19.7 Å². The van der Waals surface area contributed by atoms with Crippen LogP contribution in [0.25, 0.3) is 0 Å². The number of hydrogen-bond donors (Lipinski definition) is 1. The van der Waals surface area contributed by atoms with Gasteiger partial charge in [0.15, 0.2) is 0 Å². The van der Waals surface area contributed by atoms with E-state index in [1.54, 1.807) is 12.4 Å². The van der Waals surface area contributed by atoms with Crippen LogP contribution in [-0.4, -0.2) is 51.2 Å². The highest BCUT2D eigenvalue weighted by molar-refractivity contribution is 5.78. The SMILES string of the molecule is CC(C)N(CCO)CCC(=O)n1ccnc1. The summed E-state index contributed by atoms with van der Waals surface area (Å²) in [6.45, 7) is 5.50. The van der Waals surface area contributed by atoms with Gasteiger partial charge in [-0.3, -0.25) is 14.3 Å². The Hall–Kier alpha value is -1.20. The maximum atomic E-state index is 11.7. The quantitative estimate of drug-likeness (QED) is 0.771. The Balaban J connectivity index is 2.40. The number of carbonyl (C=O) groups excluding carboxylic acids is 1. The second kappa shape index (κ2) is 6.40. The molecular formula is C11H19N3O2. The minimum Gasteiger partial charge on any atom is -0.395 e. The van der Waals surface area contributed by atoms with Crippen molar-refractivity contribution < 1.29 is 9.90 Å². The molecule has 0 amide bonds. The lowest BCUT2D eigenvalue weighted by Crippen LogP contribution is -2.35. The van der Waals surface area contributed by atoms with E-state index in [0.717, 1.165) is 0 Å². The summed E-state index contributed by atoms with van der Waals surface area (Å²) >= 11 is 0. The molecule has 1 heterocycles. The molecule has 1 aromatic heterocycles. The van der Waals surface area contributed by atoms with E-state index in [0.29, 0.717) is 25.6 Å². The van der Waals surface area contributed by atoms with Gasteiger partial charge in [0.25, 0.3) is 0 Å². The number of aliphatic hydroxyl groups excluding tert-OH is 1. The first-order chi connectivity index (χ1) is 7.65. The summed E-state index contributed by atoms with van der Waals surface area (Å²) in [6, 6.07) is 0.336. The molecule has 0 aliphatic rings. The normalized spacial score (nSPS) is 11.3. The second-order valence-corrected chi connectivity index (χ2v) is 3.97. The molecule has 0 atom stereocenters. The summed E-state index contributed by atoms with van der Waals surface area (Å²) in [5.41, 5.74) is 0. The number of carbonyl (C=O) groups is 1. The summed E-state index contributed by atoms with van der Waals surface area (Å²) in [7, 11) is 0. The van der Waals surface area contributed by atoms with E-state index < -0.39 is 0 Å². The van der Waals surface area contributed by atoms with E-state index in [1.165, 1.54) is 10.9 Å². The first-order valence-corrected chi connectivity index (χ1v) is 5.51. The molecule has 0 aliphatic carbocycles. The van der Waals surface area contributed by atoms with Crippen molar-refractivity contribution in [1.29, 1.82) is 0 Å². The Morgan fingerprint density at radius 3 is 2.75 bits per heavy atom. The van der Waals surface area contributed by atoms with Gasteiger partial charge in [-0.15, -0.1) is 0 Å². The van der Waals surface area contributed by atoms with Crippen LogP contribution in [0.3, 0.4) is 0 Å². The van der Waals surface area contributed by atoms with Gasteiger partial charge in [0.1, 0.15) is 6.33 Å². The number of aliphatic hydroxyl groups is 1. The van der Waals surface area contributed by atoms with Crippen molar-refractivity contribution in [2.45, 2.75) is 26.3 Å². The fraction of sp³-hybridized carbons (Fsp3) is 0.636. The van der Waals surface area contributed by atoms with Gasteiger partial charge in [-0.25, -0.2) is 4.98 Å². The molecule has 0 fully saturated rings. The maximum absolute atomic E-state index is 11.7. The molecule has 90 valence electrons. The molecule has 1 aromatic rings. The molecule has 0 unspecified atom stereocenters. The molecule has 1 N–H and O–H groups in total. The minimum atomic E-state index is 0.0288. The summed E-state index contributed by atoms with van der Waals surface area (Å²) in [5, 5.41) is 8.89. The van der Waals surface area contributed by atoms with E-state index in [-0.39, 0.29) is 12.5 Å². The largest absolute Gasteiger partial charge is 0.395 e. The third kappa shape index (κ3) is 3.75. The number of imidazole rings is 1. The van der Waals surface area contributed by atoms with Crippen LogP contribution in [0.2, 0.25) is 0 Å². The summed E-state index contributed by atoms with van der Waals surface area (Å²) in [4.78, 5) is 17.6. The van der Waals surface area contributed by atoms with Crippen molar-refractivity contribution in [3.63, 3.8) is 0 Å². The van der Waals surface area contributed by atoms with Gasteiger partial charge >= 0.3 is 0 Å². The van der Waals surface area contributed by atoms with Gasteiger partial charge in [-0.05, 0) is 13.8 Å². The molecule has 0 aromatic carbocycles. The van der Waals surface area contributed by atoms with Crippen LogP contribution < -0.4 is 0 Å². The van der Waals surface area contributed by atoms with Crippen LogP contribution in [0.4, 0.5) is 0 Å². The zero-order chi connectivity index (χ0) is 12.0. The fourth-order valence-corrected chi connectivity index (χ4v) is 1.53. The fourth-order valence-electron chi connectivity index (χ4n) is 1.53. The van der Waals surface area contributed by atoms with Crippen LogP contribution in [-0.2, 0) is 0 Å². The molecule has 1 rings (SSSR count). The van der Waals surface area contributed by atoms with Crippen molar-refractivity contribution >= 4 is 5.91 Å². The van der Waals surface area contributed by atoms with E-state index in [4.69, 9.17) is 5.11 Å². The van der Waals surface area contributed by atoms with Gasteiger partial charge in [0.2, 0.25) is 5.91 Å². The smallest absolute Gasteiger partial charge is 0.233 e. The number of nitrogens with zero attached hydrogens (tertiary/aromatic N) is 3. The minimum absolute atomic E-state index is 0.0288. The summed E-state index contributed by atoms with van der Waals surface area (Å²) in [5.74, 6) is 0.0288. The van der Waals surface area contributed by atoms with Crippen LogP contribution in [0, 0.1) is 0 Å². The molecule has 0 saturated heterocycles. The zero-order valence-electron chi connectivity index (χ0n) is 9.83. The number of rotatable bonds is 6.